The minimum absolute atomic E-state index is 0.0812. The van der Waals surface area contributed by atoms with Gasteiger partial charge in [-0.2, -0.15) is 0 Å². The highest BCUT2D eigenvalue weighted by molar-refractivity contribution is 5.84. The highest BCUT2D eigenvalue weighted by atomic mass is 16.6. The van der Waals surface area contributed by atoms with Crippen molar-refractivity contribution in [1.29, 1.82) is 0 Å². The first kappa shape index (κ1) is 11.1. The fourth-order valence-electron chi connectivity index (χ4n) is 0.980. The molecule has 0 radical (unpaired) electrons. The Bertz CT molecular complexity index is 390. The fourth-order valence-corrected chi connectivity index (χ4v) is 0.980. The summed E-state index contributed by atoms with van der Waals surface area (Å²) < 4.78 is 0. The number of aliphatic imine (C=N–C) groups is 1. The molecule has 0 bridgehead atoms. The molecule has 1 aromatic rings. The van der Waals surface area contributed by atoms with E-state index in [0.29, 0.717) is 0 Å². The SMILES string of the molecule is O=[N+]([O-])c1ccc(O)c(C=NCCO)c1. The molecule has 0 heterocycles. The van der Waals surface area contributed by atoms with Crippen LogP contribution in [0.15, 0.2) is 23.2 Å². The van der Waals surface area contributed by atoms with Gasteiger partial charge in [0.25, 0.3) is 5.69 Å². The zero-order chi connectivity index (χ0) is 11.3. The molecule has 0 aromatic heterocycles. The van der Waals surface area contributed by atoms with E-state index in [0.717, 1.165) is 0 Å². The van der Waals surface area contributed by atoms with Gasteiger partial charge in [0.2, 0.25) is 0 Å². The highest BCUT2D eigenvalue weighted by Gasteiger charge is 2.08. The Labute approximate surface area is 85.7 Å². The predicted octanol–water partition coefficient (Wildman–Crippen LogP) is 0.712. The third-order valence-corrected chi connectivity index (χ3v) is 1.68. The molecular formula is C9H10N2O4. The van der Waals surface area contributed by atoms with E-state index in [4.69, 9.17) is 5.11 Å². The summed E-state index contributed by atoms with van der Waals surface area (Å²) in [6, 6.07) is 3.66. The van der Waals surface area contributed by atoms with Crippen LogP contribution in [0.5, 0.6) is 5.75 Å². The Kier molecular flexibility index (Phi) is 3.75. The third-order valence-electron chi connectivity index (χ3n) is 1.68. The van der Waals surface area contributed by atoms with Gasteiger partial charge in [-0.05, 0) is 6.07 Å². The number of nitrogens with zero attached hydrogens (tertiary/aromatic N) is 2. The number of benzene rings is 1. The molecular weight excluding hydrogens is 200 g/mol. The molecule has 0 fully saturated rings. The lowest BCUT2D eigenvalue weighted by atomic mass is 10.2. The van der Waals surface area contributed by atoms with Crippen molar-refractivity contribution in [3.8, 4) is 5.75 Å². The molecule has 0 unspecified atom stereocenters. The van der Waals surface area contributed by atoms with Crippen LogP contribution in [0, 0.1) is 10.1 Å². The molecule has 0 aliphatic rings. The smallest absolute Gasteiger partial charge is 0.270 e. The number of phenolic OH excluding ortho intramolecular Hbond substituents is 1. The molecule has 6 heteroatoms. The number of hydrogen-bond acceptors (Lipinski definition) is 5. The van der Waals surface area contributed by atoms with Crippen LogP contribution in [-0.4, -0.2) is 34.5 Å². The maximum absolute atomic E-state index is 10.4. The van der Waals surface area contributed by atoms with E-state index in [2.05, 4.69) is 4.99 Å². The summed E-state index contributed by atoms with van der Waals surface area (Å²) in [5, 5.41) is 28.2. The molecule has 0 amide bonds. The van der Waals surface area contributed by atoms with Crippen LogP contribution in [0.2, 0.25) is 0 Å². The summed E-state index contributed by atoms with van der Waals surface area (Å²) in [5.41, 5.74) is 0.149. The van der Waals surface area contributed by atoms with Crippen LogP contribution < -0.4 is 0 Å². The molecule has 0 spiro atoms. The average molecular weight is 210 g/mol. The second-order valence-electron chi connectivity index (χ2n) is 2.76. The van der Waals surface area contributed by atoms with Gasteiger partial charge in [-0.1, -0.05) is 0 Å². The number of rotatable bonds is 4. The van der Waals surface area contributed by atoms with Crippen molar-refractivity contribution < 1.29 is 15.1 Å². The quantitative estimate of drug-likeness (QED) is 0.434. The first-order valence-corrected chi connectivity index (χ1v) is 4.23. The minimum atomic E-state index is -0.553. The second kappa shape index (κ2) is 5.06. The number of aliphatic hydroxyl groups is 1. The second-order valence-corrected chi connectivity index (χ2v) is 2.76. The Balaban J connectivity index is 2.95. The molecule has 80 valence electrons. The van der Waals surface area contributed by atoms with Crippen LogP contribution in [0.4, 0.5) is 5.69 Å². The van der Waals surface area contributed by atoms with Gasteiger partial charge in [0.15, 0.2) is 0 Å². The van der Waals surface area contributed by atoms with Crippen LogP contribution >= 0.6 is 0 Å². The first-order chi connectivity index (χ1) is 7.15. The lowest BCUT2D eigenvalue weighted by Crippen LogP contribution is -1.92. The van der Waals surface area contributed by atoms with Crippen molar-refractivity contribution in [3.63, 3.8) is 0 Å². The molecule has 15 heavy (non-hydrogen) atoms. The topological polar surface area (TPSA) is 96.0 Å². The molecule has 0 saturated heterocycles. The summed E-state index contributed by atoms with van der Waals surface area (Å²) >= 11 is 0. The van der Waals surface area contributed by atoms with Gasteiger partial charge < -0.3 is 10.2 Å². The Morgan fingerprint density at radius 3 is 2.87 bits per heavy atom. The van der Waals surface area contributed by atoms with Crippen molar-refractivity contribution in [2.75, 3.05) is 13.2 Å². The monoisotopic (exact) mass is 210 g/mol. The zero-order valence-electron chi connectivity index (χ0n) is 7.83. The van der Waals surface area contributed by atoms with Crippen LogP contribution in [0.25, 0.3) is 0 Å². The summed E-state index contributed by atoms with van der Waals surface area (Å²) in [6.45, 7) is 0.0916. The molecule has 1 rings (SSSR count). The number of aromatic hydroxyl groups is 1. The maximum atomic E-state index is 10.4. The lowest BCUT2D eigenvalue weighted by Gasteiger charge is -1.98. The summed E-state index contributed by atoms with van der Waals surface area (Å²) in [5.74, 6) is -0.0812. The third kappa shape index (κ3) is 3.03. The van der Waals surface area contributed by atoms with Crippen LogP contribution in [0.1, 0.15) is 5.56 Å². The van der Waals surface area contributed by atoms with Crippen molar-refractivity contribution >= 4 is 11.9 Å². The number of nitro benzene ring substituents is 1. The van der Waals surface area contributed by atoms with Crippen LogP contribution in [-0.2, 0) is 0 Å². The zero-order valence-corrected chi connectivity index (χ0v) is 7.83. The summed E-state index contributed by atoms with van der Waals surface area (Å²) in [7, 11) is 0. The molecule has 2 N–H and O–H groups in total. The molecule has 6 nitrogen and oxygen atoms in total. The van der Waals surface area contributed by atoms with Gasteiger partial charge >= 0.3 is 0 Å². The number of nitro groups is 1. The van der Waals surface area contributed by atoms with Crippen LogP contribution in [0.3, 0.4) is 0 Å². The predicted molar refractivity (Wildman–Crippen MR) is 54.3 cm³/mol. The Morgan fingerprint density at radius 1 is 1.53 bits per heavy atom. The highest BCUT2D eigenvalue weighted by Crippen LogP contribution is 2.21. The van der Waals surface area contributed by atoms with Crippen molar-refractivity contribution in [2.24, 2.45) is 4.99 Å². The first-order valence-electron chi connectivity index (χ1n) is 4.23. The molecule has 0 saturated carbocycles. The van der Waals surface area contributed by atoms with E-state index in [1.165, 1.54) is 24.4 Å². The van der Waals surface area contributed by atoms with Crippen molar-refractivity contribution in [3.05, 3.63) is 33.9 Å². The van der Waals surface area contributed by atoms with E-state index in [1.807, 2.05) is 0 Å². The van der Waals surface area contributed by atoms with E-state index < -0.39 is 4.92 Å². The Hall–Kier alpha value is -1.95. The van der Waals surface area contributed by atoms with Crippen molar-refractivity contribution in [1.82, 2.24) is 0 Å². The largest absolute Gasteiger partial charge is 0.507 e. The van der Waals surface area contributed by atoms with E-state index >= 15 is 0 Å². The average Bonchev–Trinajstić information content (AvgIpc) is 2.20. The number of hydrogen-bond donors (Lipinski definition) is 2. The van der Waals surface area contributed by atoms with Gasteiger partial charge in [0.1, 0.15) is 5.75 Å². The van der Waals surface area contributed by atoms with Gasteiger partial charge in [-0.15, -0.1) is 0 Å². The lowest BCUT2D eigenvalue weighted by molar-refractivity contribution is -0.384. The standard InChI is InChI=1S/C9H10N2O4/c12-4-3-10-6-7-5-8(11(14)15)1-2-9(7)13/h1-2,5-6,12-13H,3-4H2. The van der Waals surface area contributed by atoms with Gasteiger partial charge in [-0.3, -0.25) is 15.1 Å². The van der Waals surface area contributed by atoms with E-state index in [9.17, 15) is 15.2 Å². The number of non-ortho nitro benzene ring substituents is 1. The fraction of sp³-hybridized carbons (Fsp3) is 0.222. The Morgan fingerprint density at radius 2 is 2.27 bits per heavy atom. The van der Waals surface area contributed by atoms with Crippen molar-refractivity contribution in [2.45, 2.75) is 0 Å². The van der Waals surface area contributed by atoms with E-state index in [-0.39, 0.29) is 30.2 Å². The maximum Gasteiger partial charge on any atom is 0.270 e. The summed E-state index contributed by atoms with van der Waals surface area (Å²) in [6.07, 6.45) is 1.29. The molecule has 0 atom stereocenters. The molecule has 1 aromatic carbocycles. The number of aliphatic hydroxyl groups excluding tert-OH is 1. The van der Waals surface area contributed by atoms with Gasteiger partial charge in [-0.25, -0.2) is 0 Å². The molecule has 0 aliphatic carbocycles. The van der Waals surface area contributed by atoms with Gasteiger partial charge in [0, 0.05) is 23.9 Å². The summed E-state index contributed by atoms with van der Waals surface area (Å²) in [4.78, 5) is 13.6. The minimum Gasteiger partial charge on any atom is -0.507 e. The van der Waals surface area contributed by atoms with Gasteiger partial charge in [0.05, 0.1) is 18.1 Å². The van der Waals surface area contributed by atoms with E-state index in [1.54, 1.807) is 0 Å². The molecule has 0 aliphatic heterocycles. The number of phenols is 1. The normalized spacial score (nSPS) is 10.7.